The largest absolute Gasteiger partial charge is 0.481 e. The van der Waals surface area contributed by atoms with E-state index in [1.165, 1.54) is 19.1 Å². The number of hydrogen-bond donors (Lipinski definition) is 1. The maximum atomic E-state index is 13.1. The fourth-order valence-corrected chi connectivity index (χ4v) is 1.41. The number of rotatable bonds is 5. The molecule has 0 spiro atoms. The summed E-state index contributed by atoms with van der Waals surface area (Å²) in [4.78, 5) is 11.3. The van der Waals surface area contributed by atoms with E-state index in [4.69, 9.17) is 9.47 Å². The average Bonchev–Trinajstić information content (AvgIpc) is 2.25. The molecule has 0 heterocycles. The van der Waals surface area contributed by atoms with Crippen LogP contribution in [0.2, 0.25) is 0 Å². The first-order chi connectivity index (χ1) is 8.40. The van der Waals surface area contributed by atoms with Gasteiger partial charge in [-0.15, -0.1) is 0 Å². The molecule has 0 amide bonds. The van der Waals surface area contributed by atoms with Gasteiger partial charge >= 0.3 is 5.97 Å². The third-order valence-electron chi connectivity index (χ3n) is 2.14. The van der Waals surface area contributed by atoms with Crippen LogP contribution in [0.15, 0.2) is 18.2 Å². The molecule has 1 N–H and O–H groups in total. The van der Waals surface area contributed by atoms with Crippen LogP contribution in [0.3, 0.4) is 0 Å². The first kappa shape index (κ1) is 14.4. The molecule has 1 aromatic carbocycles. The molecule has 1 atom stereocenters. The lowest BCUT2D eigenvalue weighted by molar-refractivity contribution is -0.149. The van der Waals surface area contributed by atoms with Crippen LogP contribution in [0.1, 0.15) is 32.4 Å². The van der Waals surface area contributed by atoms with E-state index in [9.17, 15) is 14.3 Å². The maximum absolute atomic E-state index is 13.1. The van der Waals surface area contributed by atoms with E-state index < -0.39 is 17.9 Å². The zero-order valence-corrected chi connectivity index (χ0v) is 10.6. The molecule has 0 bridgehead atoms. The van der Waals surface area contributed by atoms with Crippen LogP contribution in [0.4, 0.5) is 4.39 Å². The van der Waals surface area contributed by atoms with Gasteiger partial charge in [-0.25, -0.2) is 9.18 Å². The molecule has 0 radical (unpaired) electrons. The second-order valence-corrected chi connectivity index (χ2v) is 4.19. The summed E-state index contributed by atoms with van der Waals surface area (Å²) in [6.07, 6.45) is -1.04. The van der Waals surface area contributed by atoms with Gasteiger partial charge in [0.25, 0.3) is 0 Å². The van der Waals surface area contributed by atoms with Gasteiger partial charge in [0.2, 0.25) is 0 Å². The molecule has 0 aliphatic carbocycles. The fraction of sp³-hybridized carbons (Fsp3) is 0.462. The van der Waals surface area contributed by atoms with Crippen LogP contribution in [0, 0.1) is 5.82 Å². The Bertz CT molecular complexity index is 415. The number of aliphatic hydroxyl groups is 1. The van der Waals surface area contributed by atoms with Gasteiger partial charge in [-0.3, -0.25) is 0 Å². The predicted molar refractivity (Wildman–Crippen MR) is 63.8 cm³/mol. The number of esters is 1. The lowest BCUT2D eigenvalue weighted by Gasteiger charge is -2.14. The van der Waals surface area contributed by atoms with Gasteiger partial charge in [-0.1, -0.05) is 0 Å². The van der Waals surface area contributed by atoms with Gasteiger partial charge in [0.05, 0.1) is 12.2 Å². The molecular formula is C13H17FO4. The Balaban J connectivity index is 2.71. The minimum atomic E-state index is -0.804. The standard InChI is InChI=1S/C13H17FO4/c1-8(2)18-13(16)7-17-12-6-10(14)4-5-11(12)9(3)15/h4-6,8-9,15H,7H2,1-3H3/t9-/m1/s1. The van der Waals surface area contributed by atoms with Gasteiger partial charge in [0.15, 0.2) is 6.61 Å². The van der Waals surface area contributed by atoms with Crippen LogP contribution in [-0.4, -0.2) is 23.8 Å². The monoisotopic (exact) mass is 256 g/mol. The minimum absolute atomic E-state index is 0.144. The number of ether oxygens (including phenoxy) is 2. The first-order valence-corrected chi connectivity index (χ1v) is 5.70. The molecule has 0 fully saturated rings. The highest BCUT2D eigenvalue weighted by atomic mass is 19.1. The Morgan fingerprint density at radius 3 is 2.61 bits per heavy atom. The van der Waals surface area contributed by atoms with Crippen molar-refractivity contribution in [3.05, 3.63) is 29.6 Å². The SMILES string of the molecule is CC(C)OC(=O)COc1cc(F)ccc1[C@@H](C)O. The van der Waals surface area contributed by atoms with Crippen LogP contribution >= 0.6 is 0 Å². The quantitative estimate of drug-likeness (QED) is 0.821. The molecule has 0 saturated carbocycles. The van der Waals surface area contributed by atoms with Crippen molar-refractivity contribution in [2.75, 3.05) is 6.61 Å². The highest BCUT2D eigenvalue weighted by Gasteiger charge is 2.13. The fourth-order valence-electron chi connectivity index (χ4n) is 1.41. The lowest BCUT2D eigenvalue weighted by atomic mass is 10.1. The summed E-state index contributed by atoms with van der Waals surface area (Å²) < 4.78 is 23.1. The number of aliphatic hydroxyl groups excluding tert-OH is 1. The zero-order valence-electron chi connectivity index (χ0n) is 10.6. The topological polar surface area (TPSA) is 55.8 Å². The van der Waals surface area contributed by atoms with Crippen molar-refractivity contribution < 1.29 is 23.8 Å². The molecule has 100 valence electrons. The third-order valence-corrected chi connectivity index (χ3v) is 2.14. The van der Waals surface area contributed by atoms with Crippen molar-refractivity contribution in [1.29, 1.82) is 0 Å². The first-order valence-electron chi connectivity index (χ1n) is 5.70. The molecule has 0 saturated heterocycles. The van der Waals surface area contributed by atoms with Crippen LogP contribution in [-0.2, 0) is 9.53 Å². The third kappa shape index (κ3) is 4.33. The van der Waals surface area contributed by atoms with Crippen molar-refractivity contribution in [2.45, 2.75) is 33.0 Å². The average molecular weight is 256 g/mol. The number of halogens is 1. The van der Waals surface area contributed by atoms with E-state index in [0.29, 0.717) is 5.56 Å². The Hall–Kier alpha value is -1.62. The molecule has 0 aliphatic rings. The summed E-state index contributed by atoms with van der Waals surface area (Å²) in [5.74, 6) is -0.886. The Kier molecular flexibility index (Phi) is 5.09. The van der Waals surface area contributed by atoms with E-state index >= 15 is 0 Å². The Morgan fingerprint density at radius 1 is 1.39 bits per heavy atom. The molecular weight excluding hydrogens is 239 g/mol. The van der Waals surface area contributed by atoms with Gasteiger partial charge < -0.3 is 14.6 Å². The summed E-state index contributed by atoms with van der Waals surface area (Å²) in [6, 6.07) is 3.77. The van der Waals surface area contributed by atoms with E-state index in [1.807, 2.05) is 0 Å². The van der Waals surface area contributed by atoms with E-state index in [1.54, 1.807) is 13.8 Å². The summed E-state index contributed by atoms with van der Waals surface area (Å²) in [5, 5.41) is 9.49. The van der Waals surface area contributed by atoms with Crippen molar-refractivity contribution in [2.24, 2.45) is 0 Å². The normalized spacial score (nSPS) is 12.3. The van der Waals surface area contributed by atoms with E-state index in [-0.39, 0.29) is 18.5 Å². The maximum Gasteiger partial charge on any atom is 0.344 e. The van der Waals surface area contributed by atoms with Gasteiger partial charge in [-0.05, 0) is 32.9 Å². The number of hydrogen-bond acceptors (Lipinski definition) is 4. The lowest BCUT2D eigenvalue weighted by Crippen LogP contribution is -2.19. The summed E-state index contributed by atoms with van der Waals surface area (Å²) in [7, 11) is 0. The van der Waals surface area contributed by atoms with Crippen LogP contribution < -0.4 is 4.74 Å². The Morgan fingerprint density at radius 2 is 2.06 bits per heavy atom. The van der Waals surface area contributed by atoms with E-state index in [2.05, 4.69) is 0 Å². The highest BCUT2D eigenvalue weighted by Crippen LogP contribution is 2.25. The molecule has 0 aromatic heterocycles. The van der Waals surface area contributed by atoms with Crippen molar-refractivity contribution in [3.63, 3.8) is 0 Å². The number of carbonyl (C=O) groups is 1. The molecule has 4 nitrogen and oxygen atoms in total. The molecule has 5 heteroatoms. The second kappa shape index (κ2) is 6.35. The molecule has 1 aromatic rings. The van der Waals surface area contributed by atoms with Crippen LogP contribution in [0.5, 0.6) is 5.75 Å². The van der Waals surface area contributed by atoms with Gasteiger partial charge in [0, 0.05) is 11.6 Å². The zero-order chi connectivity index (χ0) is 13.7. The van der Waals surface area contributed by atoms with Crippen LogP contribution in [0.25, 0.3) is 0 Å². The smallest absolute Gasteiger partial charge is 0.344 e. The van der Waals surface area contributed by atoms with Gasteiger partial charge in [-0.2, -0.15) is 0 Å². The summed E-state index contributed by atoms with van der Waals surface area (Å²) in [6.45, 7) is 4.66. The molecule has 18 heavy (non-hydrogen) atoms. The summed E-state index contributed by atoms with van der Waals surface area (Å²) in [5.41, 5.74) is 0.425. The summed E-state index contributed by atoms with van der Waals surface area (Å²) >= 11 is 0. The number of carbonyl (C=O) groups excluding carboxylic acids is 1. The molecule has 1 rings (SSSR count). The Labute approximate surface area is 105 Å². The molecule has 0 aliphatic heterocycles. The minimum Gasteiger partial charge on any atom is -0.481 e. The van der Waals surface area contributed by atoms with Crippen molar-refractivity contribution >= 4 is 5.97 Å². The number of benzene rings is 1. The van der Waals surface area contributed by atoms with Crippen molar-refractivity contribution in [3.8, 4) is 5.75 Å². The van der Waals surface area contributed by atoms with Gasteiger partial charge in [0.1, 0.15) is 11.6 Å². The molecule has 0 unspecified atom stereocenters. The van der Waals surface area contributed by atoms with E-state index in [0.717, 1.165) is 6.07 Å². The second-order valence-electron chi connectivity index (χ2n) is 4.19. The predicted octanol–water partition coefficient (Wildman–Crippen LogP) is 2.21. The van der Waals surface area contributed by atoms with Crippen molar-refractivity contribution in [1.82, 2.24) is 0 Å². The highest BCUT2D eigenvalue weighted by molar-refractivity contribution is 5.71.